The third-order valence-electron chi connectivity index (χ3n) is 2.95. The van der Waals surface area contributed by atoms with Crippen LogP contribution in [0.25, 0.3) is 0 Å². The van der Waals surface area contributed by atoms with Crippen LogP contribution in [0.2, 0.25) is 5.02 Å². The molecule has 2 rings (SSSR count). The Morgan fingerprint density at radius 2 is 2.20 bits per heavy atom. The fourth-order valence-corrected chi connectivity index (χ4v) is 1.81. The monoisotopic (exact) mass is 220 g/mol. The second kappa shape index (κ2) is 3.43. The first-order chi connectivity index (χ1) is 7.03. The highest BCUT2D eigenvalue weighted by Crippen LogP contribution is 2.46. The van der Waals surface area contributed by atoms with Gasteiger partial charge in [0.15, 0.2) is 0 Å². The van der Waals surface area contributed by atoms with Gasteiger partial charge in [-0.3, -0.25) is 0 Å². The Labute approximate surface area is 94.9 Å². The highest BCUT2D eigenvalue weighted by atomic mass is 35.5. The van der Waals surface area contributed by atoms with E-state index in [9.17, 15) is 0 Å². The summed E-state index contributed by atoms with van der Waals surface area (Å²) in [6.45, 7) is 4.43. The van der Waals surface area contributed by atoms with Crippen LogP contribution in [-0.2, 0) is 0 Å². The summed E-state index contributed by atoms with van der Waals surface area (Å²) in [7, 11) is 0. The number of nitrogens with one attached hydrogen (secondary N) is 1. The van der Waals surface area contributed by atoms with Gasteiger partial charge in [0.1, 0.15) is 6.07 Å². The second-order valence-corrected chi connectivity index (χ2v) is 5.13. The van der Waals surface area contributed by atoms with Crippen molar-refractivity contribution in [1.82, 2.24) is 0 Å². The van der Waals surface area contributed by atoms with Gasteiger partial charge < -0.3 is 5.32 Å². The van der Waals surface area contributed by atoms with Crippen LogP contribution in [0.4, 0.5) is 5.69 Å². The normalized spacial score (nSPS) is 21.9. The molecule has 0 aromatic heterocycles. The van der Waals surface area contributed by atoms with Crippen molar-refractivity contribution >= 4 is 17.3 Å². The first kappa shape index (κ1) is 10.3. The van der Waals surface area contributed by atoms with Crippen LogP contribution in [0.15, 0.2) is 18.2 Å². The van der Waals surface area contributed by atoms with Gasteiger partial charge >= 0.3 is 0 Å². The molecule has 0 aliphatic heterocycles. The van der Waals surface area contributed by atoms with E-state index in [2.05, 4.69) is 25.2 Å². The number of hydrogen-bond acceptors (Lipinski definition) is 2. The van der Waals surface area contributed by atoms with E-state index in [-0.39, 0.29) is 0 Å². The lowest BCUT2D eigenvalue weighted by Gasteiger charge is -2.09. The molecule has 0 bridgehead atoms. The summed E-state index contributed by atoms with van der Waals surface area (Å²) in [6, 6.07) is 8.00. The molecule has 1 aliphatic carbocycles. The molecule has 15 heavy (non-hydrogen) atoms. The summed E-state index contributed by atoms with van der Waals surface area (Å²) in [4.78, 5) is 0. The molecule has 1 atom stereocenters. The van der Waals surface area contributed by atoms with Gasteiger partial charge in [0.05, 0.1) is 11.3 Å². The minimum atomic E-state index is 0.354. The predicted octanol–water partition coefficient (Wildman–Crippen LogP) is 3.42. The van der Waals surface area contributed by atoms with E-state index in [0.29, 0.717) is 22.0 Å². The Bertz CT molecular complexity index is 432. The molecule has 1 unspecified atom stereocenters. The molecule has 3 heteroatoms. The maximum absolute atomic E-state index is 8.96. The summed E-state index contributed by atoms with van der Waals surface area (Å²) in [5.41, 5.74) is 1.86. The molecule has 0 amide bonds. The van der Waals surface area contributed by atoms with Crippen LogP contribution in [0.1, 0.15) is 25.8 Å². The van der Waals surface area contributed by atoms with E-state index < -0.39 is 0 Å². The van der Waals surface area contributed by atoms with Crippen LogP contribution in [0.3, 0.4) is 0 Å². The van der Waals surface area contributed by atoms with Crippen LogP contribution >= 0.6 is 11.6 Å². The number of nitriles is 1. The fraction of sp³-hybridized carbons (Fsp3) is 0.417. The van der Waals surface area contributed by atoms with Crippen molar-refractivity contribution in [2.75, 3.05) is 5.32 Å². The number of hydrogen-bond donors (Lipinski definition) is 1. The number of benzene rings is 1. The van der Waals surface area contributed by atoms with Gasteiger partial charge in [-0.15, -0.1) is 0 Å². The summed E-state index contributed by atoms with van der Waals surface area (Å²) in [6.07, 6.45) is 1.15. The van der Waals surface area contributed by atoms with Crippen molar-refractivity contribution in [2.24, 2.45) is 5.41 Å². The highest BCUT2D eigenvalue weighted by molar-refractivity contribution is 6.30. The van der Waals surface area contributed by atoms with Crippen LogP contribution in [0.5, 0.6) is 0 Å². The quantitative estimate of drug-likeness (QED) is 0.829. The topological polar surface area (TPSA) is 35.8 Å². The van der Waals surface area contributed by atoms with E-state index >= 15 is 0 Å². The van der Waals surface area contributed by atoms with Crippen molar-refractivity contribution in [3.63, 3.8) is 0 Å². The Hall–Kier alpha value is -1.20. The summed E-state index contributed by atoms with van der Waals surface area (Å²) < 4.78 is 0. The first-order valence-electron chi connectivity index (χ1n) is 4.99. The largest absolute Gasteiger partial charge is 0.381 e. The maximum atomic E-state index is 8.96. The lowest BCUT2D eigenvalue weighted by Crippen LogP contribution is -2.09. The van der Waals surface area contributed by atoms with Crippen molar-refractivity contribution in [2.45, 2.75) is 26.3 Å². The van der Waals surface area contributed by atoms with Crippen molar-refractivity contribution in [3.8, 4) is 6.07 Å². The summed E-state index contributed by atoms with van der Waals surface area (Å²) in [5, 5.41) is 12.9. The number of rotatable bonds is 2. The fourth-order valence-electron chi connectivity index (χ4n) is 1.64. The Morgan fingerprint density at radius 1 is 1.53 bits per heavy atom. The molecule has 1 aromatic carbocycles. The molecule has 1 aromatic rings. The predicted molar refractivity (Wildman–Crippen MR) is 62.0 cm³/mol. The molecule has 0 radical (unpaired) electrons. The van der Waals surface area contributed by atoms with E-state index in [4.69, 9.17) is 16.9 Å². The zero-order chi connectivity index (χ0) is 11.1. The molecule has 1 fully saturated rings. The van der Waals surface area contributed by atoms with Gasteiger partial charge in [-0.25, -0.2) is 0 Å². The molecular formula is C12H13ClN2. The summed E-state index contributed by atoms with van der Waals surface area (Å²) in [5.74, 6) is 0. The van der Waals surface area contributed by atoms with Gasteiger partial charge in [-0.2, -0.15) is 5.26 Å². The summed E-state index contributed by atoms with van der Waals surface area (Å²) >= 11 is 5.82. The smallest absolute Gasteiger partial charge is 0.101 e. The van der Waals surface area contributed by atoms with E-state index in [1.807, 2.05) is 6.07 Å². The van der Waals surface area contributed by atoms with Gasteiger partial charge in [0, 0.05) is 11.1 Å². The van der Waals surface area contributed by atoms with E-state index in [1.165, 1.54) is 0 Å². The standard InChI is InChI=1S/C12H13ClN2/c1-12(2)6-11(12)15-10-4-3-9(13)5-8(10)7-14/h3-5,11,15H,6H2,1-2H3. The third-order valence-corrected chi connectivity index (χ3v) is 3.18. The van der Waals surface area contributed by atoms with Gasteiger partial charge in [0.25, 0.3) is 0 Å². The molecule has 2 nitrogen and oxygen atoms in total. The number of anilines is 1. The molecule has 0 spiro atoms. The van der Waals surface area contributed by atoms with Gasteiger partial charge in [0.2, 0.25) is 0 Å². The first-order valence-corrected chi connectivity index (χ1v) is 5.37. The lowest BCUT2D eigenvalue weighted by atomic mass is 10.1. The third kappa shape index (κ3) is 2.08. The molecule has 1 saturated carbocycles. The highest BCUT2D eigenvalue weighted by Gasteiger charge is 2.45. The van der Waals surface area contributed by atoms with E-state index in [1.54, 1.807) is 12.1 Å². The van der Waals surface area contributed by atoms with Crippen LogP contribution in [-0.4, -0.2) is 6.04 Å². The van der Waals surface area contributed by atoms with Crippen LogP contribution < -0.4 is 5.32 Å². The minimum absolute atomic E-state index is 0.354. The molecular weight excluding hydrogens is 208 g/mol. The molecule has 78 valence electrons. The van der Waals surface area contributed by atoms with Crippen molar-refractivity contribution in [1.29, 1.82) is 5.26 Å². The number of halogens is 1. The number of nitrogens with zero attached hydrogens (tertiary/aromatic N) is 1. The van der Waals surface area contributed by atoms with Crippen molar-refractivity contribution in [3.05, 3.63) is 28.8 Å². The zero-order valence-corrected chi connectivity index (χ0v) is 9.60. The molecule has 0 heterocycles. The maximum Gasteiger partial charge on any atom is 0.101 e. The SMILES string of the molecule is CC1(C)CC1Nc1ccc(Cl)cc1C#N. The average molecular weight is 221 g/mol. The Kier molecular flexibility index (Phi) is 2.36. The molecule has 1 N–H and O–H groups in total. The van der Waals surface area contributed by atoms with Gasteiger partial charge in [-0.1, -0.05) is 25.4 Å². The van der Waals surface area contributed by atoms with Crippen LogP contribution in [0, 0.1) is 16.7 Å². The zero-order valence-electron chi connectivity index (χ0n) is 8.84. The Morgan fingerprint density at radius 3 is 2.73 bits per heavy atom. The lowest BCUT2D eigenvalue weighted by molar-refractivity contribution is 0.630. The van der Waals surface area contributed by atoms with Gasteiger partial charge in [-0.05, 0) is 30.0 Å². The average Bonchev–Trinajstić information content (AvgIpc) is 2.77. The second-order valence-electron chi connectivity index (χ2n) is 4.69. The molecule has 1 aliphatic rings. The van der Waals surface area contributed by atoms with E-state index in [0.717, 1.165) is 12.1 Å². The minimum Gasteiger partial charge on any atom is -0.381 e. The molecule has 0 saturated heterocycles. The Balaban J connectivity index is 2.19. The van der Waals surface area contributed by atoms with Crippen molar-refractivity contribution < 1.29 is 0 Å².